The Bertz CT molecular complexity index is 1070. The molecule has 1 saturated heterocycles. The van der Waals surface area contributed by atoms with Gasteiger partial charge in [-0.05, 0) is 51.8 Å². The Morgan fingerprint density at radius 1 is 1.18 bits per heavy atom. The lowest BCUT2D eigenvalue weighted by Gasteiger charge is -2.36. The third-order valence-corrected chi connectivity index (χ3v) is 5.55. The molecule has 1 amide bonds. The molecule has 11 heteroatoms. The van der Waals surface area contributed by atoms with Crippen LogP contribution in [0, 0.1) is 5.92 Å². The highest BCUT2D eigenvalue weighted by Crippen LogP contribution is 2.41. The fourth-order valence-electron chi connectivity index (χ4n) is 4.16. The predicted octanol–water partition coefficient (Wildman–Crippen LogP) is 4.82. The quantitative estimate of drug-likeness (QED) is 0.696. The molecule has 1 unspecified atom stereocenters. The summed E-state index contributed by atoms with van der Waals surface area (Å²) in [7, 11) is 1.51. The Morgan fingerprint density at radius 2 is 1.88 bits per heavy atom. The van der Waals surface area contributed by atoms with Gasteiger partial charge in [0.15, 0.2) is 0 Å². The Balaban J connectivity index is 1.62. The largest absolute Gasteiger partial charge is 0.573 e. The van der Waals surface area contributed by atoms with Crippen LogP contribution in [0.25, 0.3) is 16.6 Å². The summed E-state index contributed by atoms with van der Waals surface area (Å²) < 4.78 is 55.7. The Labute approximate surface area is 189 Å². The van der Waals surface area contributed by atoms with Crippen molar-refractivity contribution in [3.8, 4) is 5.75 Å². The van der Waals surface area contributed by atoms with Gasteiger partial charge in [0.05, 0.1) is 10.9 Å². The van der Waals surface area contributed by atoms with E-state index in [9.17, 15) is 18.0 Å². The molecule has 1 N–H and O–H groups in total. The van der Waals surface area contributed by atoms with E-state index in [2.05, 4.69) is 15.2 Å². The van der Waals surface area contributed by atoms with Crippen LogP contribution in [-0.2, 0) is 9.47 Å². The predicted molar refractivity (Wildman–Crippen MR) is 116 cm³/mol. The second-order valence-electron chi connectivity index (χ2n) is 9.09. The van der Waals surface area contributed by atoms with Gasteiger partial charge in [0.25, 0.3) is 0 Å². The second-order valence-corrected chi connectivity index (χ2v) is 9.09. The summed E-state index contributed by atoms with van der Waals surface area (Å²) in [4.78, 5) is 14.1. The van der Waals surface area contributed by atoms with E-state index < -0.39 is 18.2 Å². The molecule has 0 radical (unpaired) electrons. The van der Waals surface area contributed by atoms with Crippen molar-refractivity contribution < 1.29 is 32.2 Å². The van der Waals surface area contributed by atoms with Crippen molar-refractivity contribution in [2.45, 2.75) is 51.8 Å². The van der Waals surface area contributed by atoms with E-state index in [4.69, 9.17) is 9.47 Å². The molecule has 0 bridgehead atoms. The van der Waals surface area contributed by atoms with Crippen LogP contribution in [-0.4, -0.2) is 59.2 Å². The van der Waals surface area contributed by atoms with Crippen molar-refractivity contribution in [2.75, 3.05) is 25.5 Å². The van der Waals surface area contributed by atoms with Gasteiger partial charge >= 0.3 is 12.5 Å². The number of aromatic nitrogens is 2. The van der Waals surface area contributed by atoms with Gasteiger partial charge in [0.1, 0.15) is 23.4 Å². The average molecular weight is 468 g/mol. The summed E-state index contributed by atoms with van der Waals surface area (Å²) in [6.07, 6.45) is -2.54. The molecule has 2 aliphatic heterocycles. The molecule has 33 heavy (non-hydrogen) atoms. The van der Waals surface area contributed by atoms with Gasteiger partial charge in [0.2, 0.25) is 0 Å². The van der Waals surface area contributed by atoms with Gasteiger partial charge in [-0.15, -0.1) is 13.2 Å². The lowest BCUT2D eigenvalue weighted by atomic mass is 9.92. The van der Waals surface area contributed by atoms with Crippen molar-refractivity contribution in [3.05, 3.63) is 24.3 Å². The lowest BCUT2D eigenvalue weighted by molar-refractivity contribution is -0.274. The molecule has 2 aliphatic rings. The maximum absolute atomic E-state index is 13.0. The first-order valence-corrected chi connectivity index (χ1v) is 10.7. The zero-order valence-electron chi connectivity index (χ0n) is 18.9. The number of hydrogen-bond acceptors (Lipinski definition) is 6. The van der Waals surface area contributed by atoms with Crippen LogP contribution in [0.15, 0.2) is 24.3 Å². The topological polar surface area (TPSA) is 77.8 Å². The fraction of sp³-hybridized carbons (Fsp3) is 0.545. The molecule has 3 heterocycles. The van der Waals surface area contributed by atoms with E-state index in [0.717, 1.165) is 5.70 Å². The van der Waals surface area contributed by atoms with Crippen LogP contribution in [0.5, 0.6) is 5.75 Å². The van der Waals surface area contributed by atoms with Gasteiger partial charge in [-0.25, -0.2) is 9.48 Å². The number of ether oxygens (including phenoxy) is 3. The van der Waals surface area contributed by atoms with Crippen LogP contribution in [0.4, 0.5) is 23.8 Å². The minimum atomic E-state index is -4.83. The molecule has 0 spiro atoms. The molecule has 1 aromatic carbocycles. The minimum Gasteiger partial charge on any atom is -0.444 e. The fourth-order valence-corrected chi connectivity index (χ4v) is 4.16. The number of nitrogens with zero attached hydrogens (tertiary/aromatic N) is 3. The first-order chi connectivity index (χ1) is 15.4. The average Bonchev–Trinajstić information content (AvgIpc) is 3.10. The van der Waals surface area contributed by atoms with E-state index >= 15 is 0 Å². The van der Waals surface area contributed by atoms with Crippen molar-refractivity contribution in [1.82, 2.24) is 14.7 Å². The maximum Gasteiger partial charge on any atom is 0.573 e. The molecule has 0 aliphatic carbocycles. The van der Waals surface area contributed by atoms with Crippen LogP contribution in [0.2, 0.25) is 0 Å². The molecule has 2 aromatic rings. The van der Waals surface area contributed by atoms with Gasteiger partial charge in [-0.1, -0.05) is 6.07 Å². The number of fused-ring (bicyclic) bond motifs is 3. The number of allylic oxidation sites excluding steroid dienone is 1. The molecule has 1 fully saturated rings. The zero-order chi connectivity index (χ0) is 24.0. The normalized spacial score (nSPS) is 19.7. The van der Waals surface area contributed by atoms with Gasteiger partial charge < -0.3 is 24.4 Å². The molecule has 1 aromatic heterocycles. The molecule has 4 rings (SSSR count). The molecule has 8 nitrogen and oxygen atoms in total. The number of amides is 1. The van der Waals surface area contributed by atoms with E-state index in [-0.39, 0.29) is 23.1 Å². The number of rotatable bonds is 3. The zero-order valence-corrected chi connectivity index (χ0v) is 18.9. The summed E-state index contributed by atoms with van der Waals surface area (Å²) in [6, 6.07) is 4.37. The van der Waals surface area contributed by atoms with Crippen molar-refractivity contribution in [1.29, 1.82) is 0 Å². The van der Waals surface area contributed by atoms with E-state index in [0.29, 0.717) is 37.3 Å². The summed E-state index contributed by atoms with van der Waals surface area (Å²) in [6.45, 7) is 6.47. The van der Waals surface area contributed by atoms with Gasteiger partial charge in [-0.2, -0.15) is 5.10 Å². The minimum absolute atomic E-state index is 0.0310. The smallest absolute Gasteiger partial charge is 0.444 e. The number of methoxy groups -OCH3 is 1. The van der Waals surface area contributed by atoms with Crippen LogP contribution >= 0.6 is 0 Å². The highest BCUT2D eigenvalue weighted by molar-refractivity contribution is 5.97. The summed E-state index contributed by atoms with van der Waals surface area (Å²) in [5.41, 5.74) is 0.610. The third kappa shape index (κ3) is 5.02. The van der Waals surface area contributed by atoms with Crippen LogP contribution in [0.3, 0.4) is 0 Å². The van der Waals surface area contributed by atoms with Crippen molar-refractivity contribution in [2.24, 2.45) is 5.92 Å². The highest BCUT2D eigenvalue weighted by atomic mass is 19.4. The monoisotopic (exact) mass is 468 g/mol. The molecular formula is C22H27F3N4O4. The summed E-state index contributed by atoms with van der Waals surface area (Å²) >= 11 is 0. The number of likely N-dealkylation sites (tertiary alicyclic amines) is 1. The van der Waals surface area contributed by atoms with E-state index in [1.165, 1.54) is 19.2 Å². The van der Waals surface area contributed by atoms with Gasteiger partial charge in [0, 0.05) is 31.8 Å². The molecular weight excluding hydrogens is 441 g/mol. The number of halogens is 3. The Morgan fingerprint density at radius 3 is 2.48 bits per heavy atom. The number of carbonyl (C=O) groups excluding carboxylic acids is 1. The number of nitrogens with one attached hydrogen (secondary N) is 1. The highest BCUT2D eigenvalue weighted by Gasteiger charge is 2.36. The standard InChI is InChI=1S/C22H27F3N4O4/c1-21(2,3)33-20(30)28-10-8-13(9-11-28)15-12-17(31-4)26-19-18-14(27-29(15)19)6-5-7-16(18)32-22(23,24)25/h5-7,12-13,17,26H,8-11H2,1-4H3. The Kier molecular flexibility index (Phi) is 5.94. The van der Waals surface area contributed by atoms with Gasteiger partial charge in [-0.3, -0.25) is 0 Å². The second kappa shape index (κ2) is 8.44. The number of anilines is 1. The number of alkyl halides is 3. The van der Waals surface area contributed by atoms with Crippen molar-refractivity contribution in [3.63, 3.8) is 0 Å². The molecule has 0 saturated carbocycles. The summed E-state index contributed by atoms with van der Waals surface area (Å²) in [5.74, 6) is 0.0804. The SMILES string of the molecule is COC1C=C(C2CCN(C(=O)OC(C)(C)C)CC2)n2nc3cccc(OC(F)(F)F)c3c2N1. The third-order valence-electron chi connectivity index (χ3n) is 5.55. The maximum atomic E-state index is 13.0. The van der Waals surface area contributed by atoms with Crippen molar-refractivity contribution >= 4 is 28.5 Å². The Hall–Kier alpha value is -2.95. The van der Waals surface area contributed by atoms with E-state index in [1.54, 1.807) is 15.6 Å². The molecule has 1 atom stereocenters. The first kappa shape index (κ1) is 23.2. The summed E-state index contributed by atoms with van der Waals surface area (Å²) in [5, 5.41) is 7.87. The number of hydrogen-bond donors (Lipinski definition) is 1. The number of benzene rings is 1. The van der Waals surface area contributed by atoms with Crippen LogP contribution < -0.4 is 10.1 Å². The van der Waals surface area contributed by atoms with E-state index in [1.807, 2.05) is 26.8 Å². The number of carbonyl (C=O) groups is 1. The lowest BCUT2D eigenvalue weighted by Crippen LogP contribution is -2.42. The number of piperidine rings is 1. The first-order valence-electron chi connectivity index (χ1n) is 10.7. The van der Waals surface area contributed by atoms with Crippen LogP contribution in [0.1, 0.15) is 33.6 Å². The molecule has 180 valence electrons.